The van der Waals surface area contributed by atoms with Gasteiger partial charge >= 0.3 is 0 Å². The molecule has 0 spiro atoms. The molecule has 0 saturated carbocycles. The molecule has 0 unspecified atom stereocenters. The minimum atomic E-state index is -0.273. The van der Waals surface area contributed by atoms with Gasteiger partial charge in [0.25, 0.3) is 5.91 Å². The number of carbonyl (C=O) groups excluding carboxylic acids is 1. The predicted octanol–water partition coefficient (Wildman–Crippen LogP) is 4.70. The Kier molecular flexibility index (Phi) is 5.81. The maximum Gasteiger partial charge on any atom is 0.254 e. The molecule has 1 amide bonds. The summed E-state index contributed by atoms with van der Waals surface area (Å²) in [6, 6.07) is 10.5. The highest BCUT2D eigenvalue weighted by Gasteiger charge is 2.28. The fraction of sp³-hybridized carbons (Fsp3) is 0.318. The number of carbonyl (C=O) groups is 1. The third-order valence-electron chi connectivity index (χ3n) is 5.52. The number of anilines is 2. The molecule has 2 fully saturated rings. The summed E-state index contributed by atoms with van der Waals surface area (Å²) < 4.78 is 15.2. The molecule has 0 aromatic heterocycles. The van der Waals surface area contributed by atoms with Gasteiger partial charge in [0.1, 0.15) is 0 Å². The van der Waals surface area contributed by atoms with Crippen LogP contribution in [0.1, 0.15) is 12.0 Å². The van der Waals surface area contributed by atoms with Gasteiger partial charge in [0.05, 0.1) is 15.7 Å². The summed E-state index contributed by atoms with van der Waals surface area (Å²) >= 11 is 12.1. The summed E-state index contributed by atoms with van der Waals surface area (Å²) in [4.78, 5) is 18.8. The molecule has 2 saturated heterocycles. The van der Waals surface area contributed by atoms with Crippen molar-refractivity contribution in [2.75, 3.05) is 49.6 Å². The number of hydrogen-bond acceptors (Lipinski definition) is 3. The van der Waals surface area contributed by atoms with Crippen molar-refractivity contribution in [1.82, 2.24) is 4.90 Å². The Bertz CT molecular complexity index is 971. The Morgan fingerprint density at radius 3 is 2.48 bits per heavy atom. The summed E-state index contributed by atoms with van der Waals surface area (Å²) in [7, 11) is 2.07. The molecule has 0 atom stereocenters. The Morgan fingerprint density at radius 2 is 1.76 bits per heavy atom. The number of likely N-dealkylation sites (N-methyl/N-ethyl adjacent to an activating group) is 1. The SMILES string of the molecule is CN1CCN(c2cccc(/C=C3\CCN(c4ccc(Cl)c(Cl)c4)C3=O)c2F)CC1. The first kappa shape index (κ1) is 20.2. The molecule has 2 aliphatic rings. The quantitative estimate of drug-likeness (QED) is 0.655. The molecule has 0 bridgehead atoms. The first-order chi connectivity index (χ1) is 13.9. The van der Waals surface area contributed by atoms with Crippen molar-refractivity contribution in [2.45, 2.75) is 6.42 Å². The van der Waals surface area contributed by atoms with Crippen LogP contribution in [0.25, 0.3) is 6.08 Å². The van der Waals surface area contributed by atoms with E-state index < -0.39 is 0 Å². The van der Waals surface area contributed by atoms with Crippen molar-refractivity contribution in [3.05, 3.63) is 63.4 Å². The van der Waals surface area contributed by atoms with Gasteiger partial charge in [-0.1, -0.05) is 35.3 Å². The molecule has 0 radical (unpaired) electrons. The third kappa shape index (κ3) is 4.13. The lowest BCUT2D eigenvalue weighted by atomic mass is 10.1. The second-order valence-electron chi connectivity index (χ2n) is 7.45. The summed E-state index contributed by atoms with van der Waals surface area (Å²) in [5.74, 6) is -0.405. The first-order valence-corrected chi connectivity index (χ1v) is 10.4. The van der Waals surface area contributed by atoms with Crippen LogP contribution in [0, 0.1) is 5.82 Å². The predicted molar refractivity (Wildman–Crippen MR) is 118 cm³/mol. The molecular formula is C22H22Cl2FN3O. The molecule has 7 heteroatoms. The van der Waals surface area contributed by atoms with Crippen molar-refractivity contribution in [2.24, 2.45) is 0 Å². The first-order valence-electron chi connectivity index (χ1n) is 9.63. The topological polar surface area (TPSA) is 26.8 Å². The van der Waals surface area contributed by atoms with E-state index >= 15 is 4.39 Å². The zero-order valence-electron chi connectivity index (χ0n) is 16.2. The van der Waals surface area contributed by atoms with E-state index in [9.17, 15) is 4.79 Å². The Labute approximate surface area is 180 Å². The van der Waals surface area contributed by atoms with Crippen LogP contribution in [0.2, 0.25) is 10.0 Å². The largest absolute Gasteiger partial charge is 0.367 e. The van der Waals surface area contributed by atoms with Crippen LogP contribution in [0.15, 0.2) is 42.0 Å². The minimum Gasteiger partial charge on any atom is -0.367 e. The van der Waals surface area contributed by atoms with E-state index in [0.717, 1.165) is 26.2 Å². The Morgan fingerprint density at radius 1 is 1.00 bits per heavy atom. The number of nitrogens with zero attached hydrogens (tertiary/aromatic N) is 3. The van der Waals surface area contributed by atoms with Gasteiger partial charge in [-0.15, -0.1) is 0 Å². The summed E-state index contributed by atoms with van der Waals surface area (Å²) in [6.45, 7) is 3.92. The van der Waals surface area contributed by atoms with Gasteiger partial charge in [0.15, 0.2) is 5.82 Å². The molecule has 0 aliphatic carbocycles. The second kappa shape index (κ2) is 8.34. The van der Waals surface area contributed by atoms with Gasteiger partial charge < -0.3 is 14.7 Å². The number of rotatable bonds is 3. The lowest BCUT2D eigenvalue weighted by molar-refractivity contribution is -0.114. The maximum absolute atomic E-state index is 15.2. The van der Waals surface area contributed by atoms with E-state index in [0.29, 0.717) is 45.5 Å². The highest BCUT2D eigenvalue weighted by atomic mass is 35.5. The van der Waals surface area contributed by atoms with Crippen LogP contribution in [0.4, 0.5) is 15.8 Å². The van der Waals surface area contributed by atoms with Crippen molar-refractivity contribution >= 4 is 46.6 Å². The highest BCUT2D eigenvalue weighted by molar-refractivity contribution is 6.42. The number of halogens is 3. The normalized spacial score (nSPS) is 19.4. The monoisotopic (exact) mass is 433 g/mol. The summed E-state index contributed by atoms with van der Waals surface area (Å²) in [6.07, 6.45) is 2.23. The summed E-state index contributed by atoms with van der Waals surface area (Å²) in [5, 5.41) is 0.848. The van der Waals surface area contributed by atoms with Gasteiger partial charge in [0, 0.05) is 49.5 Å². The van der Waals surface area contributed by atoms with E-state index in [2.05, 4.69) is 16.8 Å². The number of piperazine rings is 1. The molecule has 2 heterocycles. The average Bonchev–Trinajstić information content (AvgIpc) is 3.07. The van der Waals surface area contributed by atoms with Crippen LogP contribution in [-0.2, 0) is 4.79 Å². The van der Waals surface area contributed by atoms with Crippen molar-refractivity contribution in [1.29, 1.82) is 0 Å². The minimum absolute atomic E-state index is 0.132. The van der Waals surface area contributed by atoms with Gasteiger partial charge in [-0.25, -0.2) is 4.39 Å². The molecule has 29 heavy (non-hydrogen) atoms. The molecule has 2 aromatic carbocycles. The van der Waals surface area contributed by atoms with Crippen molar-refractivity contribution < 1.29 is 9.18 Å². The Balaban J connectivity index is 1.57. The van der Waals surface area contributed by atoms with E-state index in [1.54, 1.807) is 41.3 Å². The molecule has 4 nitrogen and oxygen atoms in total. The van der Waals surface area contributed by atoms with Crippen LogP contribution >= 0.6 is 23.2 Å². The van der Waals surface area contributed by atoms with Crippen molar-refractivity contribution in [3.8, 4) is 0 Å². The van der Waals surface area contributed by atoms with E-state index in [1.807, 2.05) is 6.07 Å². The molecule has 152 valence electrons. The number of benzene rings is 2. The van der Waals surface area contributed by atoms with Gasteiger partial charge in [0.2, 0.25) is 0 Å². The lowest BCUT2D eigenvalue weighted by Gasteiger charge is -2.34. The number of hydrogen-bond donors (Lipinski definition) is 0. The summed E-state index contributed by atoms with van der Waals surface area (Å²) in [5.41, 5.74) is 2.32. The zero-order valence-corrected chi connectivity index (χ0v) is 17.7. The second-order valence-corrected chi connectivity index (χ2v) is 8.26. The van der Waals surface area contributed by atoms with Crippen LogP contribution < -0.4 is 9.80 Å². The van der Waals surface area contributed by atoms with Gasteiger partial charge in [-0.2, -0.15) is 0 Å². The molecule has 2 aliphatic heterocycles. The third-order valence-corrected chi connectivity index (χ3v) is 6.26. The standard InChI is InChI=1S/C22H22Cl2FN3O/c1-26-9-11-27(12-10-26)20-4-2-3-15(21(20)25)13-16-7-8-28(22(16)29)17-5-6-18(23)19(24)14-17/h2-6,13-14H,7-12H2,1H3/b16-13+. The van der Waals surface area contributed by atoms with Crippen LogP contribution in [-0.4, -0.2) is 50.6 Å². The van der Waals surface area contributed by atoms with Crippen LogP contribution in [0.3, 0.4) is 0 Å². The molecule has 4 rings (SSSR count). The molecule has 0 N–H and O–H groups in total. The zero-order chi connectivity index (χ0) is 20.5. The van der Waals surface area contributed by atoms with Crippen molar-refractivity contribution in [3.63, 3.8) is 0 Å². The highest BCUT2D eigenvalue weighted by Crippen LogP contribution is 2.32. The smallest absolute Gasteiger partial charge is 0.254 e. The fourth-order valence-corrected chi connectivity index (χ4v) is 4.07. The fourth-order valence-electron chi connectivity index (χ4n) is 3.78. The maximum atomic E-state index is 15.2. The Hall–Kier alpha value is -2.08. The van der Waals surface area contributed by atoms with Gasteiger partial charge in [-0.05, 0) is 43.8 Å². The average molecular weight is 434 g/mol. The number of amides is 1. The lowest BCUT2D eigenvalue weighted by Crippen LogP contribution is -2.44. The molecular weight excluding hydrogens is 412 g/mol. The van der Waals surface area contributed by atoms with Crippen LogP contribution in [0.5, 0.6) is 0 Å². The van der Waals surface area contributed by atoms with Gasteiger partial charge in [-0.3, -0.25) is 4.79 Å². The molecule has 2 aromatic rings. The van der Waals surface area contributed by atoms with E-state index in [-0.39, 0.29) is 11.7 Å². The van der Waals surface area contributed by atoms with E-state index in [1.165, 1.54) is 0 Å². The van der Waals surface area contributed by atoms with E-state index in [4.69, 9.17) is 23.2 Å².